The highest BCUT2D eigenvalue weighted by Gasteiger charge is 2.51. The van der Waals surface area contributed by atoms with Crippen molar-refractivity contribution in [2.75, 3.05) is 27.1 Å². The summed E-state index contributed by atoms with van der Waals surface area (Å²) in [5.41, 5.74) is 3.63. The van der Waals surface area contributed by atoms with Crippen LogP contribution in [0, 0.1) is 5.92 Å². The summed E-state index contributed by atoms with van der Waals surface area (Å²) in [5.74, 6) is 1.28. The average molecular weight is 687 g/mol. The zero-order valence-corrected chi connectivity index (χ0v) is 29.4. The summed E-state index contributed by atoms with van der Waals surface area (Å²) in [6, 6.07) is 10.0. The summed E-state index contributed by atoms with van der Waals surface area (Å²) in [7, 11) is 0.773. The highest BCUT2D eigenvalue weighted by atomic mass is 16.7. The number of fused-ring (bicyclic) bond motifs is 2. The van der Waals surface area contributed by atoms with Crippen molar-refractivity contribution in [2.45, 2.75) is 77.9 Å². The maximum atomic E-state index is 14.1. The number of alkyl carbamates (subject to hydrolysis) is 1. The van der Waals surface area contributed by atoms with E-state index >= 15 is 0 Å². The molecule has 1 aromatic heterocycles. The van der Waals surface area contributed by atoms with Crippen LogP contribution in [0.1, 0.15) is 64.5 Å². The summed E-state index contributed by atoms with van der Waals surface area (Å²) in [6.45, 7) is 13.0. The molecule has 0 aliphatic carbocycles. The van der Waals surface area contributed by atoms with E-state index in [9.17, 15) is 14.4 Å². The number of rotatable bonds is 6. The van der Waals surface area contributed by atoms with E-state index in [-0.39, 0.29) is 37.9 Å². The molecule has 4 amide bonds. The fourth-order valence-corrected chi connectivity index (χ4v) is 6.70. The number of urea groups is 1. The highest BCUT2D eigenvalue weighted by Crippen LogP contribution is 2.39. The van der Waals surface area contributed by atoms with Crippen molar-refractivity contribution < 1.29 is 37.9 Å². The number of hydrogen-bond acceptors (Lipinski definition) is 9. The Kier molecular flexibility index (Phi) is 8.46. The van der Waals surface area contributed by atoms with E-state index in [1.54, 1.807) is 20.9 Å². The fraction of sp³-hybridized carbons (Fsp3) is 0.486. The molecule has 4 aliphatic rings. The van der Waals surface area contributed by atoms with Gasteiger partial charge in [0.15, 0.2) is 11.5 Å². The Labute approximate surface area is 291 Å². The second-order valence-electron chi connectivity index (χ2n) is 14.6. The van der Waals surface area contributed by atoms with Gasteiger partial charge < -0.3 is 48.5 Å². The lowest BCUT2D eigenvalue weighted by Gasteiger charge is -2.32. The van der Waals surface area contributed by atoms with Gasteiger partial charge in [0, 0.05) is 13.1 Å². The van der Waals surface area contributed by atoms with E-state index in [0.29, 0.717) is 30.4 Å². The molecule has 2 aromatic carbocycles. The van der Waals surface area contributed by atoms with E-state index in [1.807, 2.05) is 77.9 Å². The summed E-state index contributed by atoms with van der Waals surface area (Å²) in [4.78, 5) is 53.5. The smallest absolute Gasteiger partial charge is 0.454 e. The van der Waals surface area contributed by atoms with Gasteiger partial charge >= 0.3 is 19.2 Å². The summed E-state index contributed by atoms with van der Waals surface area (Å²) >= 11 is 0. The second kappa shape index (κ2) is 12.5. The number of H-pyrrole nitrogens is 1. The van der Waals surface area contributed by atoms with Gasteiger partial charge in [-0.2, -0.15) is 0 Å². The van der Waals surface area contributed by atoms with Crippen LogP contribution in [-0.4, -0.2) is 94.2 Å². The van der Waals surface area contributed by atoms with Gasteiger partial charge in [0.25, 0.3) is 0 Å². The molecule has 4 aliphatic heterocycles. The lowest BCUT2D eigenvalue weighted by molar-refractivity contribution is -0.135. The number of imidazole rings is 1. The Morgan fingerprint density at radius 2 is 1.60 bits per heavy atom. The minimum Gasteiger partial charge on any atom is -0.454 e. The van der Waals surface area contributed by atoms with Crippen LogP contribution < -0.4 is 20.3 Å². The van der Waals surface area contributed by atoms with Gasteiger partial charge in [-0.05, 0) is 67.9 Å². The van der Waals surface area contributed by atoms with E-state index in [1.165, 1.54) is 7.11 Å². The molecule has 15 heteroatoms. The van der Waals surface area contributed by atoms with Crippen molar-refractivity contribution in [3.63, 3.8) is 0 Å². The molecule has 264 valence electrons. The largest absolute Gasteiger partial charge is 0.494 e. The lowest BCUT2D eigenvalue weighted by Crippen LogP contribution is -2.52. The number of ether oxygens (including phenoxy) is 3. The molecule has 2 fully saturated rings. The molecule has 0 spiro atoms. The number of nitrogens with one attached hydrogen (secondary N) is 2. The Bertz CT molecular complexity index is 1760. The number of aromatic amines is 1. The first-order valence-electron chi connectivity index (χ1n) is 16.9. The molecule has 0 radical (unpaired) electrons. The van der Waals surface area contributed by atoms with E-state index in [0.717, 1.165) is 27.8 Å². The Morgan fingerprint density at radius 1 is 0.980 bits per heavy atom. The topological polar surface area (TPSA) is 148 Å². The molecule has 0 bridgehead atoms. The van der Waals surface area contributed by atoms with E-state index in [2.05, 4.69) is 10.3 Å². The Balaban J connectivity index is 1.12. The quantitative estimate of drug-likeness (QED) is 0.370. The first kappa shape index (κ1) is 33.7. The molecule has 2 saturated heterocycles. The van der Waals surface area contributed by atoms with Gasteiger partial charge in [-0.15, -0.1) is 0 Å². The number of nitrogens with zero attached hydrogens (tertiary/aromatic N) is 4. The van der Waals surface area contributed by atoms with Crippen molar-refractivity contribution in [1.82, 2.24) is 30.0 Å². The van der Waals surface area contributed by atoms with Gasteiger partial charge in [-0.3, -0.25) is 4.79 Å². The second-order valence-corrected chi connectivity index (χ2v) is 14.6. The van der Waals surface area contributed by atoms with Crippen LogP contribution in [0.25, 0.3) is 11.3 Å². The molecule has 0 saturated carbocycles. The number of aromatic nitrogens is 2. The molecule has 2 N–H and O–H groups in total. The molecule has 7 rings (SSSR count). The molecule has 5 heterocycles. The van der Waals surface area contributed by atoms with Crippen molar-refractivity contribution in [1.29, 1.82) is 0 Å². The van der Waals surface area contributed by atoms with E-state index < -0.39 is 36.5 Å². The van der Waals surface area contributed by atoms with E-state index in [4.69, 9.17) is 28.5 Å². The van der Waals surface area contributed by atoms with Gasteiger partial charge in [0.05, 0.1) is 43.4 Å². The van der Waals surface area contributed by atoms with Gasteiger partial charge in [-0.25, -0.2) is 14.6 Å². The maximum Gasteiger partial charge on any atom is 0.494 e. The number of benzene rings is 2. The van der Waals surface area contributed by atoms with Crippen LogP contribution >= 0.6 is 0 Å². The Morgan fingerprint density at radius 3 is 2.18 bits per heavy atom. The highest BCUT2D eigenvalue weighted by molar-refractivity contribution is 6.62. The van der Waals surface area contributed by atoms with Crippen LogP contribution in [0.3, 0.4) is 0 Å². The van der Waals surface area contributed by atoms with Crippen LogP contribution in [0.5, 0.6) is 11.5 Å². The standard InChI is InChI=1S/C35H43BN6O8/c1-20(2)29(39-32(44)46-7)31(43)42-18-41(33(45)40-15-22-12-27-28(48-19-47-27)13-23(22)16-40)17-26(42)30-37-14-25(38-30)21-8-10-24(11-9-21)36-49-34(3,4)35(5,6)50-36/h8-14,20,26,29H,15-19H2,1-7H3,(H,37,38)(H,39,44). The predicted molar refractivity (Wildman–Crippen MR) is 182 cm³/mol. The molecule has 2 unspecified atom stereocenters. The molecular weight excluding hydrogens is 643 g/mol. The normalized spacial score (nSPS) is 20.8. The predicted octanol–water partition coefficient (Wildman–Crippen LogP) is 3.76. The van der Waals surface area contributed by atoms with Crippen molar-refractivity contribution >= 4 is 30.6 Å². The molecular formula is C35H43BN6O8. The maximum absolute atomic E-state index is 14.1. The fourth-order valence-electron chi connectivity index (χ4n) is 6.70. The SMILES string of the molecule is COC(=O)NC(C(=O)N1CN(C(=O)N2Cc3cc4c(cc3C2)OCO4)CC1c1ncc(-c2ccc(B3OC(C)(C)C(C)(C)O3)cc2)[nH]1)C(C)C. The number of methoxy groups -OCH3 is 1. The monoisotopic (exact) mass is 686 g/mol. The van der Waals surface area contributed by atoms with Crippen LogP contribution in [-0.2, 0) is 31.9 Å². The zero-order valence-electron chi connectivity index (χ0n) is 29.4. The van der Waals surface area contributed by atoms with Gasteiger partial charge in [-0.1, -0.05) is 38.1 Å². The number of carbonyl (C=O) groups is 3. The van der Waals surface area contributed by atoms with Crippen molar-refractivity contribution in [2.24, 2.45) is 5.92 Å². The third kappa shape index (κ3) is 6.02. The van der Waals surface area contributed by atoms with Crippen LogP contribution in [0.4, 0.5) is 9.59 Å². The third-order valence-electron chi connectivity index (χ3n) is 10.4. The molecule has 2 atom stereocenters. The van der Waals surface area contributed by atoms with Crippen molar-refractivity contribution in [3.05, 3.63) is 59.5 Å². The Hall–Kier alpha value is -4.76. The molecule has 3 aromatic rings. The minimum absolute atomic E-state index is 0.0167. The van der Waals surface area contributed by atoms with Crippen LogP contribution in [0.15, 0.2) is 42.6 Å². The third-order valence-corrected chi connectivity index (χ3v) is 10.4. The number of amides is 4. The first-order chi connectivity index (χ1) is 23.7. The van der Waals surface area contributed by atoms with Crippen molar-refractivity contribution in [3.8, 4) is 22.8 Å². The van der Waals surface area contributed by atoms with Gasteiger partial charge in [0.1, 0.15) is 17.9 Å². The number of carbonyl (C=O) groups excluding carboxylic acids is 3. The zero-order chi connectivity index (χ0) is 35.5. The first-order valence-corrected chi connectivity index (χ1v) is 16.9. The summed E-state index contributed by atoms with van der Waals surface area (Å²) in [6.07, 6.45) is 1.01. The lowest BCUT2D eigenvalue weighted by atomic mass is 9.79. The minimum atomic E-state index is -0.879. The molecule has 50 heavy (non-hydrogen) atoms. The van der Waals surface area contributed by atoms with Gasteiger partial charge in [0.2, 0.25) is 12.7 Å². The molecule has 14 nitrogen and oxygen atoms in total. The average Bonchev–Trinajstić information content (AvgIpc) is 3.91. The number of hydrogen-bond donors (Lipinski definition) is 2. The summed E-state index contributed by atoms with van der Waals surface area (Å²) in [5, 5.41) is 2.68. The van der Waals surface area contributed by atoms with Crippen LogP contribution in [0.2, 0.25) is 0 Å². The summed E-state index contributed by atoms with van der Waals surface area (Å²) < 4.78 is 28.3.